The van der Waals surface area contributed by atoms with Gasteiger partial charge in [-0.05, 0) is 25.9 Å². The third-order valence-corrected chi connectivity index (χ3v) is 2.39. The van der Waals surface area contributed by atoms with E-state index in [2.05, 4.69) is 33.0 Å². The Kier molecular flexibility index (Phi) is 7.13. The maximum absolute atomic E-state index is 11.5. The quantitative estimate of drug-likeness (QED) is 0.758. The molecule has 0 rings (SSSR count). The summed E-state index contributed by atoms with van der Waals surface area (Å²) in [6, 6.07) is 0. The third-order valence-electron chi connectivity index (χ3n) is 2.39. The monoisotopic (exact) mass is 230 g/mol. The summed E-state index contributed by atoms with van der Waals surface area (Å²) < 4.78 is 5.39. The van der Waals surface area contributed by atoms with Gasteiger partial charge in [-0.15, -0.1) is 0 Å². The maximum Gasteiger partial charge on any atom is 0.407 e. The van der Waals surface area contributed by atoms with Gasteiger partial charge in [0.05, 0.1) is 0 Å². The Morgan fingerprint density at radius 1 is 1.19 bits per heavy atom. The van der Waals surface area contributed by atoms with Crippen LogP contribution < -0.4 is 5.32 Å². The minimum atomic E-state index is -0.311. The van der Waals surface area contributed by atoms with Crippen LogP contribution in [0.4, 0.5) is 4.79 Å². The summed E-state index contributed by atoms with van der Waals surface area (Å²) in [6.45, 7) is 9.71. The average molecular weight is 230 g/mol. The smallest absolute Gasteiger partial charge is 0.407 e. The summed E-state index contributed by atoms with van der Waals surface area (Å²) in [5.41, 5.74) is 0. The van der Waals surface area contributed by atoms with Crippen molar-refractivity contribution in [1.29, 1.82) is 0 Å². The molecule has 0 aliphatic carbocycles. The average Bonchev–Trinajstić information content (AvgIpc) is 2.12. The van der Waals surface area contributed by atoms with E-state index in [1.54, 1.807) is 0 Å². The van der Waals surface area contributed by atoms with Gasteiger partial charge in [0, 0.05) is 13.1 Å². The van der Waals surface area contributed by atoms with Crippen LogP contribution in [0.5, 0.6) is 0 Å². The summed E-state index contributed by atoms with van der Waals surface area (Å²) >= 11 is 0. The summed E-state index contributed by atoms with van der Waals surface area (Å²) in [5, 5.41) is 2.75. The molecule has 16 heavy (non-hydrogen) atoms. The predicted octanol–water partition coefficient (Wildman–Crippen LogP) is 1.95. The zero-order chi connectivity index (χ0) is 12.7. The van der Waals surface area contributed by atoms with E-state index in [4.69, 9.17) is 4.74 Å². The molecule has 0 heterocycles. The number of nitrogens with zero attached hydrogens (tertiary/aromatic N) is 1. The van der Waals surface area contributed by atoms with E-state index >= 15 is 0 Å². The lowest BCUT2D eigenvalue weighted by atomic mass is 9.96. The van der Waals surface area contributed by atoms with Crippen molar-refractivity contribution in [3.05, 3.63) is 0 Å². The van der Waals surface area contributed by atoms with Crippen LogP contribution in [0.25, 0.3) is 0 Å². The first kappa shape index (κ1) is 15.2. The molecule has 4 nitrogen and oxygen atoms in total. The van der Waals surface area contributed by atoms with Crippen molar-refractivity contribution in [2.75, 3.05) is 27.2 Å². The second-order valence-corrected chi connectivity index (χ2v) is 5.09. The lowest BCUT2D eigenvalue weighted by Gasteiger charge is -2.25. The highest BCUT2D eigenvalue weighted by Crippen LogP contribution is 2.15. The Hall–Kier alpha value is -0.770. The number of likely N-dealkylation sites (N-methyl/N-ethyl adjacent to an activating group) is 1. The highest BCUT2D eigenvalue weighted by Gasteiger charge is 2.21. The largest absolute Gasteiger partial charge is 0.446 e. The lowest BCUT2D eigenvalue weighted by molar-refractivity contribution is 0.0422. The van der Waals surface area contributed by atoms with Crippen LogP contribution >= 0.6 is 0 Å². The van der Waals surface area contributed by atoms with Gasteiger partial charge < -0.3 is 15.0 Å². The van der Waals surface area contributed by atoms with Gasteiger partial charge in [0.15, 0.2) is 0 Å². The molecule has 0 spiro atoms. The first-order chi connectivity index (χ1) is 7.34. The van der Waals surface area contributed by atoms with Gasteiger partial charge >= 0.3 is 6.09 Å². The highest BCUT2D eigenvalue weighted by atomic mass is 16.6. The molecule has 0 saturated heterocycles. The first-order valence-electron chi connectivity index (χ1n) is 5.93. The number of amides is 1. The van der Waals surface area contributed by atoms with E-state index in [1.165, 1.54) is 0 Å². The normalized spacial score (nSPS) is 11.6. The molecule has 0 aromatic heterocycles. The van der Waals surface area contributed by atoms with E-state index in [1.807, 2.05) is 19.0 Å². The van der Waals surface area contributed by atoms with Crippen LogP contribution in [0.2, 0.25) is 0 Å². The molecule has 1 amide bonds. The van der Waals surface area contributed by atoms with Crippen molar-refractivity contribution in [2.24, 2.45) is 11.8 Å². The minimum Gasteiger partial charge on any atom is -0.446 e. The number of hydrogen-bond acceptors (Lipinski definition) is 3. The SMILES string of the molecule is CC(C)C(OC(=O)NCCN(C)C)C(C)C. The number of carbonyl (C=O) groups is 1. The number of alkyl carbamates (subject to hydrolysis) is 1. The molecule has 0 aromatic carbocycles. The zero-order valence-corrected chi connectivity index (χ0v) is 11.4. The van der Waals surface area contributed by atoms with Crippen molar-refractivity contribution < 1.29 is 9.53 Å². The van der Waals surface area contributed by atoms with Crippen molar-refractivity contribution in [1.82, 2.24) is 10.2 Å². The second kappa shape index (κ2) is 7.49. The van der Waals surface area contributed by atoms with Crippen molar-refractivity contribution >= 4 is 6.09 Å². The van der Waals surface area contributed by atoms with Gasteiger partial charge in [-0.1, -0.05) is 27.7 Å². The van der Waals surface area contributed by atoms with Gasteiger partial charge in [0.25, 0.3) is 0 Å². The molecule has 96 valence electrons. The summed E-state index contributed by atoms with van der Waals surface area (Å²) in [5.74, 6) is 0.694. The van der Waals surface area contributed by atoms with E-state index in [9.17, 15) is 4.79 Å². The third kappa shape index (κ3) is 6.67. The molecule has 0 aliphatic rings. The summed E-state index contributed by atoms with van der Waals surface area (Å²) in [7, 11) is 3.94. The second-order valence-electron chi connectivity index (χ2n) is 5.09. The molecular weight excluding hydrogens is 204 g/mol. The molecule has 0 unspecified atom stereocenters. The molecular formula is C12H26N2O2. The highest BCUT2D eigenvalue weighted by molar-refractivity contribution is 5.67. The van der Waals surface area contributed by atoms with Crippen molar-refractivity contribution in [3.63, 3.8) is 0 Å². The van der Waals surface area contributed by atoms with Gasteiger partial charge in [0.2, 0.25) is 0 Å². The van der Waals surface area contributed by atoms with Gasteiger partial charge in [0.1, 0.15) is 6.10 Å². The summed E-state index contributed by atoms with van der Waals surface area (Å²) in [6.07, 6.45) is -0.325. The van der Waals surface area contributed by atoms with E-state index < -0.39 is 0 Å². The molecule has 0 atom stereocenters. The fourth-order valence-corrected chi connectivity index (χ4v) is 1.59. The van der Waals surface area contributed by atoms with Crippen LogP contribution in [-0.2, 0) is 4.74 Å². The Morgan fingerprint density at radius 3 is 2.06 bits per heavy atom. The van der Waals surface area contributed by atoms with E-state index in [0.29, 0.717) is 18.4 Å². The Bertz CT molecular complexity index is 195. The molecule has 4 heteroatoms. The molecule has 1 N–H and O–H groups in total. The van der Waals surface area contributed by atoms with Gasteiger partial charge in [-0.3, -0.25) is 0 Å². The van der Waals surface area contributed by atoms with Gasteiger partial charge in [-0.2, -0.15) is 0 Å². The summed E-state index contributed by atoms with van der Waals surface area (Å²) in [4.78, 5) is 13.5. The maximum atomic E-state index is 11.5. The Balaban J connectivity index is 3.92. The zero-order valence-electron chi connectivity index (χ0n) is 11.4. The van der Waals surface area contributed by atoms with Crippen molar-refractivity contribution in [3.8, 4) is 0 Å². The fraction of sp³-hybridized carbons (Fsp3) is 0.917. The number of hydrogen-bond donors (Lipinski definition) is 1. The number of ether oxygens (including phenoxy) is 1. The Morgan fingerprint density at radius 2 is 1.69 bits per heavy atom. The van der Waals surface area contributed by atoms with Crippen LogP contribution in [0.15, 0.2) is 0 Å². The molecule has 0 fully saturated rings. The molecule has 0 saturated carbocycles. The number of rotatable bonds is 6. The van der Waals surface area contributed by atoms with E-state index in [-0.39, 0.29) is 12.2 Å². The van der Waals surface area contributed by atoms with Crippen molar-refractivity contribution in [2.45, 2.75) is 33.8 Å². The predicted molar refractivity (Wildman–Crippen MR) is 66.5 cm³/mol. The standard InChI is InChI=1S/C12H26N2O2/c1-9(2)11(10(3)4)16-12(15)13-7-8-14(5)6/h9-11H,7-8H2,1-6H3,(H,13,15). The minimum absolute atomic E-state index is 0.0145. The van der Waals surface area contributed by atoms with Crippen LogP contribution in [0.3, 0.4) is 0 Å². The molecule has 0 radical (unpaired) electrons. The Labute approximate surface area is 99.3 Å². The number of nitrogens with one attached hydrogen (secondary N) is 1. The lowest BCUT2D eigenvalue weighted by Crippen LogP contribution is -2.37. The van der Waals surface area contributed by atoms with Crippen LogP contribution in [-0.4, -0.2) is 44.3 Å². The van der Waals surface area contributed by atoms with Gasteiger partial charge in [-0.25, -0.2) is 4.79 Å². The van der Waals surface area contributed by atoms with Crippen LogP contribution in [0, 0.1) is 11.8 Å². The van der Waals surface area contributed by atoms with E-state index in [0.717, 1.165) is 6.54 Å². The molecule has 0 aliphatic heterocycles. The molecule has 0 bridgehead atoms. The fourth-order valence-electron chi connectivity index (χ4n) is 1.59. The molecule has 0 aromatic rings. The topological polar surface area (TPSA) is 41.6 Å². The first-order valence-corrected chi connectivity index (χ1v) is 5.93. The number of carbonyl (C=O) groups excluding carboxylic acids is 1. The van der Waals surface area contributed by atoms with Crippen LogP contribution in [0.1, 0.15) is 27.7 Å².